The van der Waals surface area contributed by atoms with Crippen molar-refractivity contribution in [3.05, 3.63) is 72.8 Å². The minimum absolute atomic E-state index is 0.378. The van der Waals surface area contributed by atoms with Crippen LogP contribution < -0.4 is 0 Å². The molecule has 0 radical (unpaired) electrons. The quantitative estimate of drug-likeness (QED) is 0.567. The number of pyridine rings is 2. The van der Waals surface area contributed by atoms with Gasteiger partial charge in [0.15, 0.2) is 11.5 Å². The molecule has 130 valence electrons. The summed E-state index contributed by atoms with van der Waals surface area (Å²) in [7, 11) is 0. The number of rotatable bonds is 4. The summed E-state index contributed by atoms with van der Waals surface area (Å²) in [5.74, 6) is 1.31. The Balaban J connectivity index is 1.36. The van der Waals surface area contributed by atoms with E-state index in [-0.39, 0.29) is 0 Å². The molecule has 1 saturated heterocycles. The maximum absolute atomic E-state index is 5.16. The van der Waals surface area contributed by atoms with Crippen LogP contribution in [0.3, 0.4) is 0 Å². The van der Waals surface area contributed by atoms with Crippen LogP contribution in [0.2, 0.25) is 0 Å². The zero-order valence-electron chi connectivity index (χ0n) is 14.3. The molecular formula is C20H19N5O. The average molecular weight is 345 g/mol. The summed E-state index contributed by atoms with van der Waals surface area (Å²) in [5.41, 5.74) is 4.28. The number of aromatic nitrogens is 4. The van der Waals surface area contributed by atoms with E-state index in [0.29, 0.717) is 5.92 Å². The normalized spacial score (nSPS) is 17.9. The van der Waals surface area contributed by atoms with Gasteiger partial charge >= 0.3 is 0 Å². The third-order valence-corrected chi connectivity index (χ3v) is 4.97. The molecule has 26 heavy (non-hydrogen) atoms. The van der Waals surface area contributed by atoms with Gasteiger partial charge in [-0.25, -0.2) is 9.50 Å². The van der Waals surface area contributed by atoms with E-state index in [2.05, 4.69) is 22.0 Å². The molecule has 0 saturated carbocycles. The second kappa shape index (κ2) is 6.38. The van der Waals surface area contributed by atoms with E-state index in [1.54, 1.807) is 12.5 Å². The summed E-state index contributed by atoms with van der Waals surface area (Å²) in [6.45, 7) is 2.97. The summed E-state index contributed by atoms with van der Waals surface area (Å²) in [5, 5.41) is 4.75. The number of hydrogen-bond acceptors (Lipinski definition) is 5. The van der Waals surface area contributed by atoms with Crippen LogP contribution in [0.5, 0.6) is 0 Å². The van der Waals surface area contributed by atoms with Crippen molar-refractivity contribution in [3.63, 3.8) is 0 Å². The van der Waals surface area contributed by atoms with Crippen LogP contribution in [0.25, 0.3) is 16.8 Å². The van der Waals surface area contributed by atoms with Crippen LogP contribution in [-0.2, 0) is 6.54 Å². The van der Waals surface area contributed by atoms with Gasteiger partial charge in [0.25, 0.3) is 0 Å². The molecule has 1 aliphatic rings. The maximum atomic E-state index is 5.16. The van der Waals surface area contributed by atoms with Crippen LogP contribution in [0.4, 0.5) is 0 Å². The van der Waals surface area contributed by atoms with Gasteiger partial charge in [-0.15, -0.1) is 0 Å². The summed E-state index contributed by atoms with van der Waals surface area (Å²) in [6, 6.07) is 10.1. The number of furan rings is 1. The van der Waals surface area contributed by atoms with Crippen molar-refractivity contribution in [2.45, 2.75) is 18.9 Å². The van der Waals surface area contributed by atoms with Crippen LogP contribution in [-0.4, -0.2) is 37.6 Å². The lowest BCUT2D eigenvalue weighted by Gasteiger charge is -2.13. The lowest BCUT2D eigenvalue weighted by atomic mass is 10.1. The van der Waals surface area contributed by atoms with E-state index in [1.165, 1.54) is 5.56 Å². The largest absolute Gasteiger partial charge is 0.472 e. The van der Waals surface area contributed by atoms with E-state index in [1.807, 2.05) is 41.4 Å². The van der Waals surface area contributed by atoms with Crippen molar-refractivity contribution >= 4 is 5.65 Å². The van der Waals surface area contributed by atoms with E-state index >= 15 is 0 Å². The fourth-order valence-corrected chi connectivity index (χ4v) is 3.61. The zero-order valence-corrected chi connectivity index (χ0v) is 14.3. The van der Waals surface area contributed by atoms with Gasteiger partial charge in [-0.05, 0) is 37.2 Å². The van der Waals surface area contributed by atoms with E-state index < -0.39 is 0 Å². The Bertz CT molecular complexity index is 1010. The molecular weight excluding hydrogens is 326 g/mol. The molecule has 1 aliphatic heterocycles. The lowest BCUT2D eigenvalue weighted by molar-refractivity contribution is 0.324. The van der Waals surface area contributed by atoms with E-state index in [9.17, 15) is 0 Å². The Morgan fingerprint density at radius 1 is 1.15 bits per heavy atom. The molecule has 1 atom stereocenters. The van der Waals surface area contributed by atoms with Gasteiger partial charge in [0.1, 0.15) is 0 Å². The van der Waals surface area contributed by atoms with Gasteiger partial charge < -0.3 is 4.42 Å². The van der Waals surface area contributed by atoms with Crippen molar-refractivity contribution in [1.82, 2.24) is 24.5 Å². The van der Waals surface area contributed by atoms with Crippen molar-refractivity contribution in [3.8, 4) is 11.1 Å². The Morgan fingerprint density at radius 2 is 2.15 bits per heavy atom. The highest BCUT2D eigenvalue weighted by atomic mass is 16.3. The van der Waals surface area contributed by atoms with Gasteiger partial charge in [0.2, 0.25) is 0 Å². The Morgan fingerprint density at radius 3 is 3.00 bits per heavy atom. The fraction of sp³-hybridized carbons (Fsp3) is 0.250. The fourth-order valence-electron chi connectivity index (χ4n) is 3.61. The van der Waals surface area contributed by atoms with Crippen molar-refractivity contribution < 1.29 is 4.42 Å². The highest BCUT2D eigenvalue weighted by Gasteiger charge is 2.27. The average Bonchev–Trinajstić information content (AvgIpc) is 3.42. The molecule has 5 rings (SSSR count). The molecule has 4 aromatic rings. The van der Waals surface area contributed by atoms with Gasteiger partial charge in [-0.3, -0.25) is 9.88 Å². The Kier molecular flexibility index (Phi) is 3.75. The SMILES string of the molecule is c1cncc(-c2ccc3nc([C@H]4CCN(Cc5ccoc5)C4)nn3c2)c1. The van der Waals surface area contributed by atoms with Gasteiger partial charge in [-0.1, -0.05) is 6.07 Å². The minimum Gasteiger partial charge on any atom is -0.472 e. The Labute approximate surface area is 151 Å². The molecule has 0 bridgehead atoms. The third kappa shape index (κ3) is 2.88. The summed E-state index contributed by atoms with van der Waals surface area (Å²) >= 11 is 0. The topological polar surface area (TPSA) is 59.5 Å². The number of hydrogen-bond donors (Lipinski definition) is 0. The van der Waals surface area contributed by atoms with Gasteiger partial charge in [0, 0.05) is 54.3 Å². The molecule has 0 aromatic carbocycles. The predicted molar refractivity (Wildman–Crippen MR) is 97.6 cm³/mol. The molecule has 0 N–H and O–H groups in total. The van der Waals surface area contributed by atoms with E-state index in [4.69, 9.17) is 14.5 Å². The summed E-state index contributed by atoms with van der Waals surface area (Å²) < 4.78 is 7.05. The molecule has 6 nitrogen and oxygen atoms in total. The van der Waals surface area contributed by atoms with Crippen molar-refractivity contribution in [2.24, 2.45) is 0 Å². The first-order valence-corrected chi connectivity index (χ1v) is 8.85. The molecule has 0 unspecified atom stereocenters. The predicted octanol–water partition coefficient (Wildman–Crippen LogP) is 3.37. The van der Waals surface area contributed by atoms with E-state index in [0.717, 1.165) is 48.7 Å². The number of fused-ring (bicyclic) bond motifs is 1. The molecule has 1 fully saturated rings. The zero-order chi connectivity index (χ0) is 17.3. The number of likely N-dealkylation sites (tertiary alicyclic amines) is 1. The third-order valence-electron chi connectivity index (χ3n) is 4.97. The first kappa shape index (κ1) is 15.3. The van der Waals surface area contributed by atoms with Gasteiger partial charge in [-0.2, -0.15) is 5.10 Å². The molecule has 0 spiro atoms. The molecule has 0 aliphatic carbocycles. The van der Waals surface area contributed by atoms with Crippen molar-refractivity contribution in [1.29, 1.82) is 0 Å². The maximum Gasteiger partial charge on any atom is 0.156 e. The second-order valence-corrected chi connectivity index (χ2v) is 6.78. The van der Waals surface area contributed by atoms with Crippen LogP contribution in [0, 0.1) is 0 Å². The monoisotopic (exact) mass is 345 g/mol. The Hall–Kier alpha value is -2.99. The number of nitrogens with zero attached hydrogens (tertiary/aromatic N) is 5. The first-order chi connectivity index (χ1) is 12.8. The van der Waals surface area contributed by atoms with Gasteiger partial charge in [0.05, 0.1) is 12.5 Å². The molecule has 0 amide bonds. The lowest BCUT2D eigenvalue weighted by Crippen LogP contribution is -2.19. The standard InChI is InChI=1S/C20H19N5O/c1-2-16(10-21-7-1)17-3-4-19-22-20(23-25(19)13-17)18-5-8-24(12-18)11-15-6-9-26-14-15/h1-4,6-7,9-10,13-14,18H,5,8,11-12H2/t18-/m0/s1. The molecule has 4 aromatic heterocycles. The van der Waals surface area contributed by atoms with Crippen LogP contribution in [0.1, 0.15) is 23.7 Å². The highest BCUT2D eigenvalue weighted by Crippen LogP contribution is 2.27. The smallest absolute Gasteiger partial charge is 0.156 e. The highest BCUT2D eigenvalue weighted by molar-refractivity contribution is 5.63. The van der Waals surface area contributed by atoms with Crippen molar-refractivity contribution in [2.75, 3.05) is 13.1 Å². The second-order valence-electron chi connectivity index (χ2n) is 6.78. The molecule has 5 heterocycles. The summed E-state index contributed by atoms with van der Waals surface area (Å²) in [4.78, 5) is 11.4. The summed E-state index contributed by atoms with van der Waals surface area (Å²) in [6.07, 6.45) is 10.3. The molecule has 6 heteroatoms. The van der Waals surface area contributed by atoms with Crippen LogP contribution in [0.15, 0.2) is 65.9 Å². The van der Waals surface area contributed by atoms with Crippen LogP contribution >= 0.6 is 0 Å². The first-order valence-electron chi connectivity index (χ1n) is 8.85. The minimum atomic E-state index is 0.378.